The fraction of sp³-hybridized carbons (Fsp3) is 0.444. The number of hydrogen-bond acceptors (Lipinski definition) is 4. The van der Waals surface area contributed by atoms with E-state index in [4.69, 9.17) is 0 Å². The van der Waals surface area contributed by atoms with Crippen molar-refractivity contribution in [3.05, 3.63) is 138 Å². The molecule has 0 amide bonds. The molecule has 2 unspecified atom stereocenters. The maximum absolute atomic E-state index is 15.5. The fourth-order valence-electron chi connectivity index (χ4n) is 14.5. The number of rotatable bonds is 28. The molecule has 0 fully saturated rings. The van der Waals surface area contributed by atoms with Crippen LogP contribution in [0.15, 0.2) is 116 Å². The van der Waals surface area contributed by atoms with Crippen LogP contribution in [0.2, 0.25) is 0 Å². The van der Waals surface area contributed by atoms with Crippen molar-refractivity contribution in [2.75, 3.05) is 0 Å². The first kappa shape index (κ1) is 53.6. The molecule has 0 spiro atoms. The van der Waals surface area contributed by atoms with Crippen molar-refractivity contribution in [3.63, 3.8) is 0 Å². The minimum Gasteiger partial charge on any atom is -0.271 e. The van der Waals surface area contributed by atoms with E-state index in [0.29, 0.717) is 21.5 Å². The Morgan fingerprint density at radius 3 is 0.897 bits per heavy atom. The van der Waals surface area contributed by atoms with Crippen molar-refractivity contribution in [3.8, 4) is 0 Å². The van der Waals surface area contributed by atoms with Gasteiger partial charge in [-0.15, -0.1) is 0 Å². The number of benzene rings is 9. The van der Waals surface area contributed by atoms with E-state index in [1.54, 1.807) is 9.13 Å². The summed E-state index contributed by atoms with van der Waals surface area (Å²) in [6.07, 6.45) is 29.3. The first-order chi connectivity index (χ1) is 38.3. The Morgan fingerprint density at radius 1 is 0.256 bits per heavy atom. The molecule has 6 nitrogen and oxygen atoms in total. The number of fused-ring (bicyclic) bond motifs is 16. The van der Waals surface area contributed by atoms with Gasteiger partial charge in [0.25, 0.3) is 22.2 Å². The van der Waals surface area contributed by atoms with Crippen LogP contribution in [0.1, 0.15) is 207 Å². The quantitative estimate of drug-likeness (QED) is 0.0278. The summed E-state index contributed by atoms with van der Waals surface area (Å²) in [4.78, 5) is 61.4. The summed E-state index contributed by atoms with van der Waals surface area (Å²) >= 11 is 0. The third-order valence-electron chi connectivity index (χ3n) is 18.4. The Morgan fingerprint density at radius 2 is 0.526 bits per heavy atom. The van der Waals surface area contributed by atoms with Gasteiger partial charge in [-0.2, -0.15) is 0 Å². The van der Waals surface area contributed by atoms with Gasteiger partial charge in [0, 0.05) is 22.9 Å². The number of hydrogen-bond donors (Lipinski definition) is 0. The van der Waals surface area contributed by atoms with Crippen LogP contribution in [-0.4, -0.2) is 9.13 Å². The van der Waals surface area contributed by atoms with Crippen LogP contribution in [-0.2, 0) is 0 Å². The molecule has 6 heteroatoms. The van der Waals surface area contributed by atoms with E-state index in [1.165, 1.54) is 89.9 Å². The van der Waals surface area contributed by atoms with E-state index >= 15 is 19.2 Å². The lowest BCUT2D eigenvalue weighted by Gasteiger charge is -2.19. The van der Waals surface area contributed by atoms with Crippen LogP contribution >= 0.6 is 0 Å². The largest absolute Gasteiger partial charge is 0.271 e. The molecule has 9 aromatic carbocycles. The third kappa shape index (κ3) is 9.51. The highest BCUT2D eigenvalue weighted by molar-refractivity contribution is 6.44. The van der Waals surface area contributed by atoms with Gasteiger partial charge < -0.3 is 0 Å². The number of nitrogens with zero attached hydrogens (tertiary/aromatic N) is 2. The molecule has 2 heterocycles. The second-order valence-corrected chi connectivity index (χ2v) is 23.5. The van der Waals surface area contributed by atoms with Gasteiger partial charge in [0.2, 0.25) is 0 Å². The molecule has 0 saturated carbocycles. The van der Waals surface area contributed by atoms with Crippen molar-refractivity contribution < 1.29 is 0 Å². The van der Waals surface area contributed by atoms with E-state index in [1.807, 2.05) is 36.4 Å². The second-order valence-electron chi connectivity index (χ2n) is 23.5. The Kier molecular flexibility index (Phi) is 16.4. The van der Waals surface area contributed by atoms with Gasteiger partial charge in [-0.05, 0) is 113 Å². The topological polar surface area (TPSA) is 78.1 Å². The van der Waals surface area contributed by atoms with Gasteiger partial charge in [-0.1, -0.05) is 254 Å². The predicted molar refractivity (Wildman–Crippen MR) is 337 cm³/mol. The zero-order valence-electron chi connectivity index (χ0n) is 47.3. The molecule has 11 rings (SSSR count). The SMILES string of the molecule is CCCCCCCCCCCC(CCCC)n1c(=O)c2c3ccccc3c3cc4c5cccc6c5c(cc5c7ccccc7c7c(=O)n(C(CCCC)CCCCCCCCCCC)c(=O)c7c56)c5cccc(c54)c3c2c1=O. The van der Waals surface area contributed by atoms with Gasteiger partial charge >= 0.3 is 0 Å². The standard InChI is InChI=1S/C72H82N2O4/c1-5-9-13-15-17-19-21-23-25-35-47(33-11-7-3)73-69(75)65-51-39-29-27-37-49(51)57-45-59-54-42-32-44-56-62(54)60(53-41-31-43-55(61(53)59)63(57)67(65)71(73)77)46-58-50-38-28-30-40-52(50)66-68(64(56)58)72(78)74(70(66)76)48(34-12-8-4)36-26-24-22-20-18-16-14-10-6-2/h27-32,37-48H,5-26,33-36H2,1-4H3. The van der Waals surface area contributed by atoms with Gasteiger partial charge in [0.05, 0.1) is 21.5 Å². The summed E-state index contributed by atoms with van der Waals surface area (Å²) in [5.74, 6) is 0. The van der Waals surface area contributed by atoms with E-state index in [-0.39, 0.29) is 34.3 Å². The first-order valence-corrected chi connectivity index (χ1v) is 31.0. The van der Waals surface area contributed by atoms with E-state index in [9.17, 15) is 0 Å². The molecule has 404 valence electrons. The van der Waals surface area contributed by atoms with Gasteiger partial charge in [-0.25, -0.2) is 0 Å². The lowest BCUT2D eigenvalue weighted by molar-refractivity contribution is 0.389. The predicted octanol–water partition coefficient (Wildman–Crippen LogP) is 19.9. The van der Waals surface area contributed by atoms with Crippen LogP contribution in [0.5, 0.6) is 0 Å². The lowest BCUT2D eigenvalue weighted by Crippen LogP contribution is -2.30. The Bertz CT molecular complexity index is 3900. The summed E-state index contributed by atoms with van der Waals surface area (Å²) in [5.41, 5.74) is -0.630. The highest BCUT2D eigenvalue weighted by atomic mass is 16.2. The molecule has 78 heavy (non-hydrogen) atoms. The lowest BCUT2D eigenvalue weighted by atomic mass is 9.83. The molecule has 11 aromatic rings. The summed E-state index contributed by atoms with van der Waals surface area (Å²) < 4.78 is 3.35. The average molecular weight is 1040 g/mol. The summed E-state index contributed by atoms with van der Waals surface area (Å²) in [5, 5.41) is 17.7. The molecule has 0 saturated heterocycles. The zero-order chi connectivity index (χ0) is 53.9. The van der Waals surface area contributed by atoms with Crippen molar-refractivity contribution in [2.45, 2.75) is 207 Å². The molecule has 0 aliphatic heterocycles. The van der Waals surface area contributed by atoms with Crippen molar-refractivity contribution in [2.24, 2.45) is 0 Å². The van der Waals surface area contributed by atoms with Crippen LogP contribution in [0.4, 0.5) is 0 Å². The molecular weight excluding hydrogens is 957 g/mol. The maximum atomic E-state index is 15.5. The fourth-order valence-corrected chi connectivity index (χ4v) is 14.5. The smallest absolute Gasteiger partial charge is 0.262 e. The van der Waals surface area contributed by atoms with Gasteiger partial charge in [-0.3, -0.25) is 28.3 Å². The highest BCUT2D eigenvalue weighted by Crippen LogP contribution is 2.49. The second kappa shape index (κ2) is 23.9. The van der Waals surface area contributed by atoms with E-state index < -0.39 is 0 Å². The third-order valence-corrected chi connectivity index (χ3v) is 18.4. The summed E-state index contributed by atoms with van der Waals surface area (Å²) in [6.45, 7) is 8.91. The monoisotopic (exact) mass is 1040 g/mol. The molecule has 0 bridgehead atoms. The van der Waals surface area contributed by atoms with E-state index in [2.05, 4.69) is 88.4 Å². The Balaban J connectivity index is 1.10. The van der Waals surface area contributed by atoms with Crippen molar-refractivity contribution in [1.82, 2.24) is 9.13 Å². The van der Waals surface area contributed by atoms with Crippen LogP contribution in [0.25, 0.3) is 108 Å². The average Bonchev–Trinajstić information content (AvgIpc) is 3.71. The van der Waals surface area contributed by atoms with Crippen LogP contribution in [0.3, 0.4) is 0 Å². The van der Waals surface area contributed by atoms with Crippen molar-refractivity contribution >= 4 is 108 Å². The maximum Gasteiger partial charge on any atom is 0.262 e. The molecule has 2 aromatic heterocycles. The van der Waals surface area contributed by atoms with E-state index in [0.717, 1.165) is 163 Å². The van der Waals surface area contributed by atoms with Gasteiger partial charge in [0.1, 0.15) is 0 Å². The number of unbranched alkanes of at least 4 members (excludes halogenated alkanes) is 18. The molecule has 0 aliphatic carbocycles. The van der Waals surface area contributed by atoms with Crippen LogP contribution < -0.4 is 22.2 Å². The first-order valence-electron chi connectivity index (χ1n) is 31.0. The normalized spacial score (nSPS) is 13.3. The minimum atomic E-state index is -0.161. The highest BCUT2D eigenvalue weighted by Gasteiger charge is 2.29. The summed E-state index contributed by atoms with van der Waals surface area (Å²) in [6, 6.07) is 33.6. The molecule has 0 aliphatic rings. The summed E-state index contributed by atoms with van der Waals surface area (Å²) in [7, 11) is 0. The zero-order valence-corrected chi connectivity index (χ0v) is 47.3. The molecule has 0 radical (unpaired) electrons. The Labute approximate surface area is 459 Å². The molecular formula is C72H82N2O4. The number of aromatic nitrogens is 2. The minimum absolute atomic E-state index is 0.152. The Hall–Kier alpha value is -6.40. The van der Waals surface area contributed by atoms with Crippen LogP contribution in [0, 0.1) is 0 Å². The van der Waals surface area contributed by atoms with Crippen molar-refractivity contribution in [1.29, 1.82) is 0 Å². The molecule has 2 atom stereocenters. The van der Waals surface area contributed by atoms with Gasteiger partial charge in [0.15, 0.2) is 0 Å². The molecule has 0 N–H and O–H groups in total.